The fourth-order valence-electron chi connectivity index (χ4n) is 2.67. The van der Waals surface area contributed by atoms with Gasteiger partial charge in [-0.3, -0.25) is 4.79 Å². The van der Waals surface area contributed by atoms with Crippen LogP contribution in [0.4, 0.5) is 4.79 Å². The molecule has 0 radical (unpaired) electrons. The molecule has 0 aromatic rings. The second-order valence-electron chi connectivity index (χ2n) is 6.28. The van der Waals surface area contributed by atoms with Crippen LogP contribution >= 0.6 is 11.8 Å². The SMILES string of the molecule is CSCCC(C)NC(=O)NCC1(C(=O)O)CCC(C)CC1. The Hall–Kier alpha value is -0.910. The average Bonchev–Trinajstić information content (AvgIpc) is 2.44. The molecule has 0 aliphatic heterocycles. The number of carbonyl (C=O) groups excluding carboxylic acids is 1. The molecule has 0 aromatic carbocycles. The van der Waals surface area contributed by atoms with Crippen molar-refractivity contribution < 1.29 is 14.7 Å². The minimum absolute atomic E-state index is 0.101. The van der Waals surface area contributed by atoms with Gasteiger partial charge in [-0.25, -0.2) is 4.79 Å². The Morgan fingerprint density at radius 3 is 2.52 bits per heavy atom. The highest BCUT2D eigenvalue weighted by atomic mass is 32.2. The molecule has 3 N–H and O–H groups in total. The van der Waals surface area contributed by atoms with Crippen LogP contribution in [0.25, 0.3) is 0 Å². The fraction of sp³-hybridized carbons (Fsp3) is 0.867. The van der Waals surface area contributed by atoms with Gasteiger partial charge in [-0.15, -0.1) is 0 Å². The van der Waals surface area contributed by atoms with Crippen molar-refractivity contribution in [2.24, 2.45) is 11.3 Å². The first-order valence-corrected chi connectivity index (χ1v) is 9.05. The van der Waals surface area contributed by atoms with Crippen molar-refractivity contribution in [3.05, 3.63) is 0 Å². The average molecular weight is 316 g/mol. The smallest absolute Gasteiger partial charge is 0.315 e. The molecule has 1 rings (SSSR count). The molecule has 6 heteroatoms. The number of carboxylic acid groups (broad SMARTS) is 1. The zero-order valence-corrected chi connectivity index (χ0v) is 14.1. The van der Waals surface area contributed by atoms with E-state index in [0.717, 1.165) is 25.0 Å². The van der Waals surface area contributed by atoms with Gasteiger partial charge >= 0.3 is 12.0 Å². The van der Waals surface area contributed by atoms with E-state index in [-0.39, 0.29) is 18.6 Å². The van der Waals surface area contributed by atoms with Gasteiger partial charge in [0.1, 0.15) is 0 Å². The maximum Gasteiger partial charge on any atom is 0.315 e. The first-order chi connectivity index (χ1) is 9.89. The molecule has 2 amide bonds. The van der Waals surface area contributed by atoms with Gasteiger partial charge in [0.05, 0.1) is 5.41 Å². The summed E-state index contributed by atoms with van der Waals surface area (Å²) in [7, 11) is 0. The number of amides is 2. The molecule has 1 aliphatic carbocycles. The van der Waals surface area contributed by atoms with Crippen LogP contribution < -0.4 is 10.6 Å². The monoisotopic (exact) mass is 316 g/mol. The lowest BCUT2D eigenvalue weighted by atomic mass is 9.71. The van der Waals surface area contributed by atoms with Crippen LogP contribution in [0.2, 0.25) is 0 Å². The van der Waals surface area contributed by atoms with Gasteiger partial charge < -0.3 is 15.7 Å². The molecule has 1 saturated carbocycles. The number of rotatable bonds is 7. The zero-order chi connectivity index (χ0) is 15.9. The fourth-order valence-corrected chi connectivity index (χ4v) is 3.26. The number of carboxylic acids is 1. The number of aliphatic carboxylic acids is 1. The summed E-state index contributed by atoms with van der Waals surface area (Å²) in [6.45, 7) is 4.33. The number of hydrogen-bond acceptors (Lipinski definition) is 3. The second-order valence-corrected chi connectivity index (χ2v) is 7.26. The van der Waals surface area contributed by atoms with Crippen LogP contribution in [0, 0.1) is 11.3 Å². The Bertz CT molecular complexity index is 355. The molecule has 21 heavy (non-hydrogen) atoms. The van der Waals surface area contributed by atoms with Gasteiger partial charge in [-0.1, -0.05) is 6.92 Å². The lowest BCUT2D eigenvalue weighted by Crippen LogP contribution is -2.49. The van der Waals surface area contributed by atoms with E-state index in [4.69, 9.17) is 0 Å². The number of thioether (sulfide) groups is 1. The Kier molecular flexibility index (Phi) is 7.35. The van der Waals surface area contributed by atoms with Crippen LogP contribution in [-0.2, 0) is 4.79 Å². The molecule has 1 aliphatic rings. The highest BCUT2D eigenvalue weighted by molar-refractivity contribution is 7.98. The van der Waals surface area contributed by atoms with Gasteiger partial charge in [-0.2, -0.15) is 11.8 Å². The van der Waals surface area contributed by atoms with E-state index in [1.807, 2.05) is 13.2 Å². The van der Waals surface area contributed by atoms with Gasteiger partial charge in [0.15, 0.2) is 0 Å². The summed E-state index contributed by atoms with van der Waals surface area (Å²) < 4.78 is 0. The molecule has 122 valence electrons. The number of nitrogens with one attached hydrogen (secondary N) is 2. The Morgan fingerprint density at radius 1 is 1.38 bits per heavy atom. The molecule has 5 nitrogen and oxygen atoms in total. The molecular formula is C15H28N2O3S. The molecule has 0 aromatic heterocycles. The summed E-state index contributed by atoms with van der Waals surface area (Å²) in [6.07, 6.45) is 6.07. The molecule has 0 saturated heterocycles. The standard InChI is InChI=1S/C15H28N2O3S/c1-11-4-7-15(8-5-11,13(18)19)10-16-14(20)17-12(2)6-9-21-3/h11-12H,4-10H2,1-3H3,(H,18,19)(H2,16,17,20). The van der Waals surface area contributed by atoms with Crippen LogP contribution in [0.15, 0.2) is 0 Å². The summed E-state index contributed by atoms with van der Waals surface area (Å²) in [5.41, 5.74) is -0.785. The van der Waals surface area contributed by atoms with E-state index >= 15 is 0 Å². The number of carbonyl (C=O) groups is 2. The largest absolute Gasteiger partial charge is 0.481 e. The van der Waals surface area contributed by atoms with E-state index in [1.165, 1.54) is 0 Å². The van der Waals surface area contributed by atoms with Crippen molar-refractivity contribution in [1.82, 2.24) is 10.6 Å². The summed E-state index contributed by atoms with van der Waals surface area (Å²) in [6, 6.07) is -0.160. The van der Waals surface area contributed by atoms with Crippen molar-refractivity contribution >= 4 is 23.8 Å². The van der Waals surface area contributed by atoms with E-state index in [0.29, 0.717) is 18.8 Å². The van der Waals surface area contributed by atoms with Crippen molar-refractivity contribution in [1.29, 1.82) is 0 Å². The van der Waals surface area contributed by atoms with Gasteiger partial charge in [-0.05, 0) is 57.0 Å². The maximum atomic E-state index is 11.9. The number of hydrogen-bond donors (Lipinski definition) is 3. The predicted octanol–water partition coefficient (Wildman–Crippen LogP) is 2.71. The lowest BCUT2D eigenvalue weighted by molar-refractivity contribution is -0.151. The van der Waals surface area contributed by atoms with Crippen molar-refractivity contribution in [3.8, 4) is 0 Å². The molecular weight excluding hydrogens is 288 g/mol. The van der Waals surface area contributed by atoms with Crippen molar-refractivity contribution in [3.63, 3.8) is 0 Å². The molecule has 1 unspecified atom stereocenters. The minimum atomic E-state index is -0.787. The van der Waals surface area contributed by atoms with E-state index < -0.39 is 11.4 Å². The molecule has 0 spiro atoms. The van der Waals surface area contributed by atoms with E-state index in [9.17, 15) is 14.7 Å². The predicted molar refractivity (Wildman–Crippen MR) is 86.7 cm³/mol. The Balaban J connectivity index is 2.43. The third-order valence-electron chi connectivity index (χ3n) is 4.40. The topological polar surface area (TPSA) is 78.4 Å². The van der Waals surface area contributed by atoms with E-state index in [2.05, 4.69) is 17.6 Å². The zero-order valence-electron chi connectivity index (χ0n) is 13.3. The third-order valence-corrected chi connectivity index (χ3v) is 5.05. The second kappa shape index (κ2) is 8.51. The number of urea groups is 1. The Labute approximate surface area is 131 Å². The first kappa shape index (κ1) is 18.1. The maximum absolute atomic E-state index is 11.9. The summed E-state index contributed by atoms with van der Waals surface area (Å²) in [4.78, 5) is 23.5. The molecule has 1 atom stereocenters. The van der Waals surface area contributed by atoms with Crippen LogP contribution in [0.5, 0.6) is 0 Å². The van der Waals surface area contributed by atoms with Gasteiger partial charge in [0, 0.05) is 12.6 Å². The molecule has 1 fully saturated rings. The summed E-state index contributed by atoms with van der Waals surface area (Å²) in [5, 5.41) is 15.1. The Morgan fingerprint density at radius 2 is 2.00 bits per heavy atom. The van der Waals surface area contributed by atoms with Gasteiger partial charge in [0.2, 0.25) is 0 Å². The quantitative estimate of drug-likeness (QED) is 0.675. The summed E-state index contributed by atoms with van der Waals surface area (Å²) >= 11 is 1.75. The van der Waals surface area contributed by atoms with Crippen molar-refractivity contribution in [2.75, 3.05) is 18.6 Å². The highest BCUT2D eigenvalue weighted by Crippen LogP contribution is 2.38. The van der Waals surface area contributed by atoms with Crippen LogP contribution in [0.3, 0.4) is 0 Å². The normalized spacial score (nSPS) is 26.9. The minimum Gasteiger partial charge on any atom is -0.481 e. The van der Waals surface area contributed by atoms with Crippen molar-refractivity contribution in [2.45, 2.75) is 52.0 Å². The van der Waals surface area contributed by atoms with Crippen LogP contribution in [-0.4, -0.2) is 41.7 Å². The summed E-state index contributed by atoms with van der Waals surface area (Å²) in [5.74, 6) is 0.793. The molecule has 0 bridgehead atoms. The lowest BCUT2D eigenvalue weighted by Gasteiger charge is -2.35. The van der Waals surface area contributed by atoms with Gasteiger partial charge in [0.25, 0.3) is 0 Å². The molecule has 0 heterocycles. The third kappa shape index (κ3) is 5.77. The highest BCUT2D eigenvalue weighted by Gasteiger charge is 2.41. The van der Waals surface area contributed by atoms with E-state index in [1.54, 1.807) is 11.8 Å². The first-order valence-electron chi connectivity index (χ1n) is 7.66. The van der Waals surface area contributed by atoms with Crippen LogP contribution in [0.1, 0.15) is 46.0 Å².